The van der Waals surface area contributed by atoms with Crippen molar-refractivity contribution in [3.8, 4) is 5.75 Å². The van der Waals surface area contributed by atoms with Gasteiger partial charge in [0.25, 0.3) is 11.8 Å². The second-order valence-corrected chi connectivity index (χ2v) is 10.6. The van der Waals surface area contributed by atoms with E-state index in [2.05, 4.69) is 5.32 Å². The summed E-state index contributed by atoms with van der Waals surface area (Å²) in [4.78, 5) is 39.4. The first kappa shape index (κ1) is 25.6. The number of nitrogens with zero attached hydrogens (tertiary/aromatic N) is 1. The summed E-state index contributed by atoms with van der Waals surface area (Å²) in [7, 11) is 0. The standard InChI is InChI=1S/C25H30N2O6S/c1-14-10-11-17(15(2)19(14)28)22(30)26-18(12-16-8-6-5-7-9-16)20(29)23(31)27-13-34-25(3,4)21(27)24(32)33/h5-11,18,20-21,28-29H,12-13H2,1-4H3,(H,26,30)(H,32,33)/t18-,20-,21?/m0/s1. The van der Waals surface area contributed by atoms with Crippen molar-refractivity contribution in [2.24, 2.45) is 0 Å². The van der Waals surface area contributed by atoms with Crippen molar-refractivity contribution in [2.75, 3.05) is 5.88 Å². The number of aliphatic hydroxyl groups excluding tert-OH is 1. The first-order valence-electron chi connectivity index (χ1n) is 10.9. The summed E-state index contributed by atoms with van der Waals surface area (Å²) in [6.45, 7) is 6.82. The number of hydrogen-bond acceptors (Lipinski definition) is 6. The monoisotopic (exact) mass is 486 g/mol. The third-order valence-electron chi connectivity index (χ3n) is 6.19. The second kappa shape index (κ2) is 10.1. The molecule has 1 unspecified atom stereocenters. The molecule has 1 aliphatic rings. The van der Waals surface area contributed by atoms with E-state index in [0.717, 1.165) is 10.5 Å². The van der Waals surface area contributed by atoms with Crippen LogP contribution in [0, 0.1) is 13.8 Å². The first-order valence-corrected chi connectivity index (χ1v) is 11.9. The molecule has 182 valence electrons. The number of thioether (sulfide) groups is 1. The molecule has 34 heavy (non-hydrogen) atoms. The van der Waals surface area contributed by atoms with Crippen LogP contribution in [0.25, 0.3) is 0 Å². The summed E-state index contributed by atoms with van der Waals surface area (Å²) >= 11 is 1.32. The van der Waals surface area contributed by atoms with E-state index in [1.807, 2.05) is 30.3 Å². The molecule has 0 spiro atoms. The van der Waals surface area contributed by atoms with Gasteiger partial charge in [-0.2, -0.15) is 0 Å². The Hall–Kier alpha value is -3.04. The Kier molecular flexibility index (Phi) is 7.57. The number of amides is 2. The van der Waals surface area contributed by atoms with Gasteiger partial charge in [0, 0.05) is 15.9 Å². The first-order chi connectivity index (χ1) is 15.9. The molecule has 0 saturated carbocycles. The summed E-state index contributed by atoms with van der Waals surface area (Å²) in [5, 5.41) is 33.8. The molecule has 1 aliphatic heterocycles. The molecule has 1 saturated heterocycles. The smallest absolute Gasteiger partial charge is 0.327 e. The van der Waals surface area contributed by atoms with Crippen LogP contribution in [-0.2, 0) is 16.0 Å². The Morgan fingerprint density at radius 1 is 1.15 bits per heavy atom. The highest BCUT2D eigenvalue weighted by Crippen LogP contribution is 2.39. The maximum absolute atomic E-state index is 13.3. The van der Waals surface area contributed by atoms with Crippen LogP contribution >= 0.6 is 11.8 Å². The number of phenolic OH excluding ortho intramolecular Hbond substituents is 1. The Labute approximate surface area is 203 Å². The van der Waals surface area contributed by atoms with Gasteiger partial charge in [-0.15, -0.1) is 11.8 Å². The van der Waals surface area contributed by atoms with E-state index >= 15 is 0 Å². The lowest BCUT2D eigenvalue weighted by Gasteiger charge is -2.31. The SMILES string of the molecule is Cc1ccc(C(=O)N[C@@H](Cc2ccccc2)[C@H](O)C(=O)N2CSC(C)(C)C2C(=O)O)c(C)c1O. The van der Waals surface area contributed by atoms with E-state index in [4.69, 9.17) is 0 Å². The molecule has 0 bridgehead atoms. The molecule has 0 radical (unpaired) electrons. The summed E-state index contributed by atoms with van der Waals surface area (Å²) in [5.41, 5.74) is 2.02. The quantitative estimate of drug-likeness (QED) is 0.473. The number of phenols is 1. The summed E-state index contributed by atoms with van der Waals surface area (Å²) in [6, 6.07) is 10.1. The number of carbonyl (C=O) groups excluding carboxylic acids is 2. The van der Waals surface area contributed by atoms with E-state index < -0.39 is 40.7 Å². The van der Waals surface area contributed by atoms with Crippen LogP contribution in [0.3, 0.4) is 0 Å². The number of aliphatic carboxylic acids is 1. The predicted octanol–water partition coefficient (Wildman–Crippen LogP) is 2.48. The molecule has 0 aromatic heterocycles. The van der Waals surface area contributed by atoms with Crippen LogP contribution in [0.2, 0.25) is 0 Å². The molecule has 1 heterocycles. The Morgan fingerprint density at radius 2 is 1.79 bits per heavy atom. The minimum absolute atomic E-state index is 0.00417. The molecule has 1 fully saturated rings. The number of rotatable bonds is 7. The molecule has 8 nitrogen and oxygen atoms in total. The molecule has 9 heteroatoms. The lowest BCUT2D eigenvalue weighted by molar-refractivity contribution is -0.154. The fourth-order valence-corrected chi connectivity index (χ4v) is 5.30. The summed E-state index contributed by atoms with van der Waals surface area (Å²) in [5.74, 6) is -2.33. The van der Waals surface area contributed by atoms with Crippen molar-refractivity contribution in [3.05, 3.63) is 64.7 Å². The average Bonchev–Trinajstić information content (AvgIpc) is 3.11. The highest BCUT2D eigenvalue weighted by atomic mass is 32.2. The number of aryl methyl sites for hydroxylation is 1. The van der Waals surface area contributed by atoms with Gasteiger partial charge in [0.2, 0.25) is 0 Å². The molecular weight excluding hydrogens is 456 g/mol. The van der Waals surface area contributed by atoms with Crippen LogP contribution in [0.4, 0.5) is 0 Å². The minimum atomic E-state index is -1.67. The molecule has 3 rings (SSSR count). The van der Waals surface area contributed by atoms with E-state index in [1.165, 1.54) is 11.8 Å². The Morgan fingerprint density at radius 3 is 2.41 bits per heavy atom. The van der Waals surface area contributed by atoms with Crippen molar-refractivity contribution in [2.45, 2.75) is 57.1 Å². The fraction of sp³-hybridized carbons (Fsp3) is 0.400. The van der Waals surface area contributed by atoms with Crippen molar-refractivity contribution in [3.63, 3.8) is 0 Å². The average molecular weight is 487 g/mol. The number of carboxylic acid groups (broad SMARTS) is 1. The van der Waals surface area contributed by atoms with Gasteiger partial charge in [0.15, 0.2) is 6.10 Å². The summed E-state index contributed by atoms with van der Waals surface area (Å²) < 4.78 is -0.726. The maximum atomic E-state index is 13.3. The molecule has 2 amide bonds. The molecule has 3 atom stereocenters. The summed E-state index contributed by atoms with van der Waals surface area (Å²) in [6.07, 6.45) is -1.52. The third kappa shape index (κ3) is 5.20. The topological polar surface area (TPSA) is 127 Å². The van der Waals surface area contributed by atoms with Gasteiger partial charge >= 0.3 is 5.97 Å². The van der Waals surface area contributed by atoms with E-state index in [-0.39, 0.29) is 23.6 Å². The lowest BCUT2D eigenvalue weighted by Crippen LogP contribution is -2.57. The van der Waals surface area contributed by atoms with Crippen molar-refractivity contribution < 1.29 is 29.7 Å². The van der Waals surface area contributed by atoms with Crippen LogP contribution in [0.15, 0.2) is 42.5 Å². The molecule has 0 aliphatic carbocycles. The zero-order chi connectivity index (χ0) is 25.2. The molecule has 2 aromatic carbocycles. The predicted molar refractivity (Wildman–Crippen MR) is 130 cm³/mol. The highest BCUT2D eigenvalue weighted by molar-refractivity contribution is 8.00. The second-order valence-electron chi connectivity index (χ2n) is 9.04. The van der Waals surface area contributed by atoms with Gasteiger partial charge in [-0.1, -0.05) is 36.4 Å². The highest BCUT2D eigenvalue weighted by Gasteiger charge is 2.50. The maximum Gasteiger partial charge on any atom is 0.327 e. The van der Waals surface area contributed by atoms with Crippen LogP contribution in [0.1, 0.15) is 40.9 Å². The van der Waals surface area contributed by atoms with Gasteiger partial charge in [0.05, 0.1) is 11.9 Å². The van der Waals surface area contributed by atoms with Gasteiger partial charge in [-0.3, -0.25) is 9.59 Å². The van der Waals surface area contributed by atoms with Crippen LogP contribution in [-0.4, -0.2) is 66.8 Å². The lowest BCUT2D eigenvalue weighted by atomic mass is 9.97. The number of carbonyl (C=O) groups is 3. The van der Waals surface area contributed by atoms with E-state index in [1.54, 1.807) is 39.8 Å². The van der Waals surface area contributed by atoms with Crippen LogP contribution in [0.5, 0.6) is 5.75 Å². The molecule has 4 N–H and O–H groups in total. The minimum Gasteiger partial charge on any atom is -0.507 e. The zero-order valence-electron chi connectivity index (χ0n) is 19.6. The van der Waals surface area contributed by atoms with Gasteiger partial charge < -0.3 is 25.5 Å². The Bertz CT molecular complexity index is 1090. The fourth-order valence-electron chi connectivity index (χ4n) is 4.17. The molecule has 2 aromatic rings. The number of benzene rings is 2. The number of aliphatic hydroxyl groups is 1. The normalized spacial score (nSPS) is 18.9. The zero-order valence-corrected chi connectivity index (χ0v) is 20.4. The van der Waals surface area contributed by atoms with Crippen molar-refractivity contribution >= 4 is 29.5 Å². The number of aromatic hydroxyl groups is 1. The van der Waals surface area contributed by atoms with Gasteiger partial charge in [-0.25, -0.2) is 4.79 Å². The van der Waals surface area contributed by atoms with Gasteiger partial charge in [-0.05, 0) is 51.3 Å². The number of nitrogens with one attached hydrogen (secondary N) is 1. The van der Waals surface area contributed by atoms with Gasteiger partial charge in [0.1, 0.15) is 11.8 Å². The third-order valence-corrected chi connectivity index (χ3v) is 7.56. The van der Waals surface area contributed by atoms with Crippen molar-refractivity contribution in [1.29, 1.82) is 0 Å². The molecular formula is C25H30N2O6S. The number of carboxylic acids is 1. The van der Waals surface area contributed by atoms with Crippen molar-refractivity contribution in [1.82, 2.24) is 10.2 Å². The largest absolute Gasteiger partial charge is 0.507 e. The van der Waals surface area contributed by atoms with E-state index in [9.17, 15) is 29.7 Å². The number of hydrogen-bond donors (Lipinski definition) is 4. The Balaban J connectivity index is 1.90. The van der Waals surface area contributed by atoms with Crippen LogP contribution < -0.4 is 5.32 Å². The van der Waals surface area contributed by atoms with E-state index in [0.29, 0.717) is 11.1 Å².